The van der Waals surface area contributed by atoms with Gasteiger partial charge in [0.25, 0.3) is 11.5 Å². The van der Waals surface area contributed by atoms with Crippen LogP contribution in [0.25, 0.3) is 11.1 Å². The third kappa shape index (κ3) is 4.30. The number of hydrogen-bond acceptors (Lipinski definition) is 4. The maximum atomic E-state index is 13.6. The van der Waals surface area contributed by atoms with Crippen molar-refractivity contribution in [1.82, 2.24) is 19.4 Å². The molecule has 0 unspecified atom stereocenters. The van der Waals surface area contributed by atoms with E-state index in [1.807, 2.05) is 34.9 Å². The second kappa shape index (κ2) is 9.00. The Bertz CT molecular complexity index is 1370. The number of carbonyl (C=O) groups is 1. The van der Waals surface area contributed by atoms with Crippen molar-refractivity contribution in [2.24, 2.45) is 0 Å². The molecule has 1 aliphatic rings. The first-order valence-electron chi connectivity index (χ1n) is 10.7. The summed E-state index contributed by atoms with van der Waals surface area (Å²) in [6, 6.07) is 18.3. The first-order chi connectivity index (χ1) is 16.1. The van der Waals surface area contributed by atoms with Gasteiger partial charge in [-0.05, 0) is 53.1 Å². The number of amides is 1. The third-order valence-electron chi connectivity index (χ3n) is 5.84. The number of carbonyl (C=O) groups excluding carboxylic acids is 1. The smallest absolute Gasteiger partial charge is 0.272 e. The molecule has 4 heterocycles. The SMILES string of the molecule is O=C(c1ccccn1)N1CCc2c(cc(-c3cccc(Cl)c3)c(=O)n2Cc2cccnc2)C1. The van der Waals surface area contributed by atoms with Gasteiger partial charge >= 0.3 is 0 Å². The summed E-state index contributed by atoms with van der Waals surface area (Å²) in [7, 11) is 0. The van der Waals surface area contributed by atoms with Crippen LogP contribution < -0.4 is 5.56 Å². The molecule has 0 saturated carbocycles. The Kier molecular flexibility index (Phi) is 5.75. The normalized spacial score (nSPS) is 12.9. The fourth-order valence-corrected chi connectivity index (χ4v) is 4.44. The summed E-state index contributed by atoms with van der Waals surface area (Å²) >= 11 is 6.22. The summed E-state index contributed by atoms with van der Waals surface area (Å²) in [4.78, 5) is 36.8. The van der Waals surface area contributed by atoms with Crippen LogP contribution in [0.4, 0.5) is 0 Å². The van der Waals surface area contributed by atoms with Crippen LogP contribution in [-0.2, 0) is 19.5 Å². The Morgan fingerprint density at radius 2 is 1.94 bits per heavy atom. The van der Waals surface area contributed by atoms with Crippen molar-refractivity contribution in [3.05, 3.63) is 117 Å². The van der Waals surface area contributed by atoms with E-state index in [9.17, 15) is 9.59 Å². The van der Waals surface area contributed by atoms with Gasteiger partial charge in [0.15, 0.2) is 0 Å². The zero-order valence-corrected chi connectivity index (χ0v) is 18.6. The van der Waals surface area contributed by atoms with Gasteiger partial charge in [0.1, 0.15) is 5.69 Å². The lowest BCUT2D eigenvalue weighted by atomic mass is 9.98. The molecule has 4 aromatic rings. The second-order valence-corrected chi connectivity index (χ2v) is 8.42. The van der Waals surface area contributed by atoms with Gasteiger partial charge in [0, 0.05) is 54.4 Å². The fourth-order valence-electron chi connectivity index (χ4n) is 4.25. The maximum Gasteiger partial charge on any atom is 0.272 e. The van der Waals surface area contributed by atoms with E-state index in [1.165, 1.54) is 0 Å². The van der Waals surface area contributed by atoms with Crippen LogP contribution in [0.2, 0.25) is 5.02 Å². The van der Waals surface area contributed by atoms with E-state index in [1.54, 1.807) is 53.8 Å². The number of benzene rings is 1. The molecule has 0 N–H and O–H groups in total. The Morgan fingerprint density at radius 3 is 2.70 bits per heavy atom. The van der Waals surface area contributed by atoms with Crippen LogP contribution in [0.3, 0.4) is 0 Å². The second-order valence-electron chi connectivity index (χ2n) is 7.98. The van der Waals surface area contributed by atoms with E-state index in [-0.39, 0.29) is 11.5 Å². The molecule has 0 bridgehead atoms. The summed E-state index contributed by atoms with van der Waals surface area (Å²) in [5, 5.41) is 0.565. The Morgan fingerprint density at radius 1 is 1.03 bits per heavy atom. The highest BCUT2D eigenvalue weighted by Crippen LogP contribution is 2.26. The van der Waals surface area contributed by atoms with E-state index in [0.717, 1.165) is 22.4 Å². The zero-order chi connectivity index (χ0) is 22.8. The van der Waals surface area contributed by atoms with Crippen molar-refractivity contribution >= 4 is 17.5 Å². The van der Waals surface area contributed by atoms with Crippen LogP contribution in [0, 0.1) is 0 Å². The maximum absolute atomic E-state index is 13.6. The van der Waals surface area contributed by atoms with Crippen molar-refractivity contribution < 1.29 is 4.79 Å². The fraction of sp³-hybridized carbons (Fsp3) is 0.154. The van der Waals surface area contributed by atoms with E-state index in [2.05, 4.69) is 9.97 Å². The van der Waals surface area contributed by atoms with Gasteiger partial charge in [-0.15, -0.1) is 0 Å². The summed E-state index contributed by atoms with van der Waals surface area (Å²) in [6.07, 6.45) is 5.68. The average Bonchev–Trinajstić information content (AvgIpc) is 2.86. The van der Waals surface area contributed by atoms with Gasteiger partial charge in [-0.1, -0.05) is 35.9 Å². The Hall–Kier alpha value is -3.77. The van der Waals surface area contributed by atoms with Crippen molar-refractivity contribution in [2.75, 3.05) is 6.54 Å². The molecular weight excluding hydrogens is 436 g/mol. The quantitative estimate of drug-likeness (QED) is 0.461. The van der Waals surface area contributed by atoms with Crippen LogP contribution in [0.15, 0.2) is 84.0 Å². The molecule has 0 saturated heterocycles. The number of hydrogen-bond donors (Lipinski definition) is 0. The van der Waals surface area contributed by atoms with Crippen LogP contribution in [0.1, 0.15) is 27.3 Å². The highest BCUT2D eigenvalue weighted by Gasteiger charge is 2.26. The Balaban J connectivity index is 1.60. The summed E-state index contributed by atoms with van der Waals surface area (Å²) < 4.78 is 1.81. The van der Waals surface area contributed by atoms with Gasteiger partial charge in [0.05, 0.1) is 6.54 Å². The number of aromatic nitrogens is 3. The summed E-state index contributed by atoms with van der Waals surface area (Å²) in [5.74, 6) is -0.115. The molecule has 0 radical (unpaired) electrons. The summed E-state index contributed by atoms with van der Waals surface area (Å²) in [6.45, 7) is 1.34. The molecule has 164 valence electrons. The molecular formula is C26H21ClN4O2. The van der Waals surface area contributed by atoms with E-state index < -0.39 is 0 Å². The van der Waals surface area contributed by atoms with Crippen molar-refractivity contribution in [3.63, 3.8) is 0 Å². The molecule has 7 heteroatoms. The molecule has 0 fully saturated rings. The minimum atomic E-state index is -0.115. The largest absolute Gasteiger partial charge is 0.333 e. The van der Waals surface area contributed by atoms with Crippen LogP contribution in [0.5, 0.6) is 0 Å². The molecule has 1 amide bonds. The molecule has 1 aliphatic heterocycles. The van der Waals surface area contributed by atoms with E-state index >= 15 is 0 Å². The van der Waals surface area contributed by atoms with Gasteiger partial charge in [-0.3, -0.25) is 19.6 Å². The first kappa shape index (κ1) is 21.1. The number of rotatable bonds is 4. The standard InChI is InChI=1S/C26H21ClN4O2/c27-21-7-3-6-19(13-21)22-14-20-17-30(26(33)23-8-1-2-11-29-23)12-9-24(20)31(25(22)32)16-18-5-4-10-28-15-18/h1-8,10-11,13-15H,9,12,16-17H2. The lowest BCUT2D eigenvalue weighted by molar-refractivity contribution is 0.0726. The van der Waals surface area contributed by atoms with Crippen LogP contribution >= 0.6 is 11.6 Å². The van der Waals surface area contributed by atoms with Crippen molar-refractivity contribution in [1.29, 1.82) is 0 Å². The average molecular weight is 457 g/mol. The van der Waals surface area contributed by atoms with E-state index in [4.69, 9.17) is 11.6 Å². The van der Waals surface area contributed by atoms with Crippen molar-refractivity contribution in [3.8, 4) is 11.1 Å². The molecule has 33 heavy (non-hydrogen) atoms. The number of pyridine rings is 3. The lowest BCUT2D eigenvalue weighted by Crippen LogP contribution is -2.40. The molecule has 0 atom stereocenters. The number of halogens is 1. The minimum absolute atomic E-state index is 0.0793. The molecule has 0 spiro atoms. The summed E-state index contributed by atoms with van der Waals surface area (Å²) in [5.41, 5.74) is 4.49. The predicted molar refractivity (Wildman–Crippen MR) is 127 cm³/mol. The van der Waals surface area contributed by atoms with Crippen molar-refractivity contribution in [2.45, 2.75) is 19.5 Å². The minimum Gasteiger partial charge on any atom is -0.333 e. The Labute approximate surface area is 196 Å². The van der Waals surface area contributed by atoms with Gasteiger partial charge < -0.3 is 9.47 Å². The number of nitrogens with zero attached hydrogens (tertiary/aromatic N) is 4. The molecule has 0 aliphatic carbocycles. The monoisotopic (exact) mass is 456 g/mol. The third-order valence-corrected chi connectivity index (χ3v) is 6.08. The molecule has 3 aromatic heterocycles. The highest BCUT2D eigenvalue weighted by atomic mass is 35.5. The van der Waals surface area contributed by atoms with Gasteiger partial charge in [-0.25, -0.2) is 0 Å². The lowest BCUT2D eigenvalue weighted by Gasteiger charge is -2.31. The van der Waals surface area contributed by atoms with Gasteiger partial charge in [-0.2, -0.15) is 0 Å². The molecule has 5 rings (SSSR count). The van der Waals surface area contributed by atoms with Crippen LogP contribution in [-0.4, -0.2) is 31.9 Å². The molecule has 1 aromatic carbocycles. The zero-order valence-electron chi connectivity index (χ0n) is 17.8. The van der Waals surface area contributed by atoms with Gasteiger partial charge in [0.2, 0.25) is 0 Å². The van der Waals surface area contributed by atoms with E-state index in [0.29, 0.717) is 42.3 Å². The first-order valence-corrected chi connectivity index (χ1v) is 11.1. The molecule has 6 nitrogen and oxygen atoms in total. The number of fused-ring (bicyclic) bond motifs is 1. The highest BCUT2D eigenvalue weighted by molar-refractivity contribution is 6.30. The predicted octanol–water partition coefficient (Wildman–Crippen LogP) is 4.21. The topological polar surface area (TPSA) is 68.1 Å².